The number of allylic oxidation sites excluding steroid dienone is 1. The number of pyridine rings is 1. The largest absolute Gasteiger partial charge is 0.264 e. The Morgan fingerprint density at radius 1 is 1.33 bits per heavy atom. The molecule has 2 rings (SSSR count). The van der Waals surface area contributed by atoms with Crippen molar-refractivity contribution in [3.63, 3.8) is 0 Å². The van der Waals surface area contributed by atoms with Gasteiger partial charge in [0.25, 0.3) is 0 Å². The lowest BCUT2D eigenvalue weighted by molar-refractivity contribution is 0.203. The van der Waals surface area contributed by atoms with Gasteiger partial charge in [-0.25, -0.2) is 0 Å². The van der Waals surface area contributed by atoms with Crippen LogP contribution in [0.3, 0.4) is 0 Å². The van der Waals surface area contributed by atoms with Crippen LogP contribution in [-0.4, -0.2) is 4.98 Å². The van der Waals surface area contributed by atoms with E-state index in [1.807, 2.05) is 12.4 Å². The summed E-state index contributed by atoms with van der Waals surface area (Å²) >= 11 is 0. The molecule has 0 N–H and O–H groups in total. The molecule has 0 radical (unpaired) electrons. The van der Waals surface area contributed by atoms with Crippen molar-refractivity contribution >= 4 is 6.08 Å². The molecule has 15 heavy (non-hydrogen) atoms. The molecule has 0 saturated carbocycles. The van der Waals surface area contributed by atoms with Crippen molar-refractivity contribution in [1.29, 1.82) is 0 Å². The second-order valence-electron chi connectivity index (χ2n) is 5.65. The lowest BCUT2D eigenvalue weighted by Crippen LogP contribution is -2.38. The van der Waals surface area contributed by atoms with Crippen molar-refractivity contribution in [3.8, 4) is 0 Å². The van der Waals surface area contributed by atoms with Gasteiger partial charge in [0.05, 0.1) is 0 Å². The van der Waals surface area contributed by atoms with E-state index < -0.39 is 0 Å². The van der Waals surface area contributed by atoms with E-state index in [2.05, 4.69) is 50.9 Å². The Morgan fingerprint density at radius 2 is 2.07 bits per heavy atom. The molecular formula is C14H19N. The molecular weight excluding hydrogens is 182 g/mol. The van der Waals surface area contributed by atoms with Crippen molar-refractivity contribution in [3.05, 3.63) is 35.7 Å². The molecule has 1 nitrogen and oxygen atoms in total. The summed E-state index contributed by atoms with van der Waals surface area (Å²) in [5, 5.41) is 0. The first-order valence-corrected chi connectivity index (χ1v) is 5.56. The van der Waals surface area contributed by atoms with Crippen LogP contribution >= 0.6 is 0 Å². The zero-order valence-corrected chi connectivity index (χ0v) is 10.0. The predicted octanol–water partition coefficient (Wildman–Crippen LogP) is 3.80. The fourth-order valence-corrected chi connectivity index (χ4v) is 2.28. The van der Waals surface area contributed by atoms with Crippen LogP contribution in [-0.2, 0) is 5.41 Å². The molecule has 0 aromatic carbocycles. The molecule has 1 aliphatic carbocycles. The van der Waals surface area contributed by atoms with Gasteiger partial charge in [-0.05, 0) is 29.0 Å². The lowest BCUT2D eigenvalue weighted by atomic mass is 9.60. The third kappa shape index (κ3) is 1.50. The predicted molar refractivity (Wildman–Crippen MR) is 64.7 cm³/mol. The number of nitrogens with zero attached hydrogens (tertiary/aromatic N) is 1. The monoisotopic (exact) mass is 201 g/mol. The average molecular weight is 201 g/mol. The maximum Gasteiger partial charge on any atom is 0.0343 e. The SMILES string of the molecule is CC(C)(C)C1(C)CC=Cc2cnccc21. The van der Waals surface area contributed by atoms with Crippen molar-refractivity contribution in [2.45, 2.75) is 39.5 Å². The molecule has 80 valence electrons. The van der Waals surface area contributed by atoms with Gasteiger partial charge >= 0.3 is 0 Å². The molecule has 1 unspecified atom stereocenters. The number of fused-ring (bicyclic) bond motifs is 1. The summed E-state index contributed by atoms with van der Waals surface area (Å²) in [5.74, 6) is 0. The molecule has 1 aliphatic rings. The minimum Gasteiger partial charge on any atom is -0.264 e. The molecule has 0 aliphatic heterocycles. The first-order chi connectivity index (χ1) is 6.95. The van der Waals surface area contributed by atoms with Crippen LogP contribution in [0, 0.1) is 5.41 Å². The molecule has 0 spiro atoms. The second-order valence-corrected chi connectivity index (χ2v) is 5.65. The van der Waals surface area contributed by atoms with Crippen LogP contribution in [0.2, 0.25) is 0 Å². The van der Waals surface area contributed by atoms with Gasteiger partial charge < -0.3 is 0 Å². The van der Waals surface area contributed by atoms with Gasteiger partial charge in [0, 0.05) is 17.8 Å². The van der Waals surface area contributed by atoms with Crippen molar-refractivity contribution < 1.29 is 0 Å². The molecule has 1 aromatic heterocycles. The van der Waals surface area contributed by atoms with Gasteiger partial charge in [-0.1, -0.05) is 39.8 Å². The lowest BCUT2D eigenvalue weighted by Gasteiger charge is -2.44. The Morgan fingerprint density at radius 3 is 2.73 bits per heavy atom. The topological polar surface area (TPSA) is 12.9 Å². The van der Waals surface area contributed by atoms with Crippen LogP contribution in [0.5, 0.6) is 0 Å². The van der Waals surface area contributed by atoms with E-state index in [0.717, 1.165) is 6.42 Å². The van der Waals surface area contributed by atoms with E-state index in [1.54, 1.807) is 0 Å². The Bertz CT molecular complexity index is 398. The number of hydrogen-bond donors (Lipinski definition) is 0. The zero-order valence-electron chi connectivity index (χ0n) is 10.0. The van der Waals surface area contributed by atoms with E-state index in [1.165, 1.54) is 11.1 Å². The van der Waals surface area contributed by atoms with Crippen LogP contribution in [0.15, 0.2) is 24.5 Å². The highest BCUT2D eigenvalue weighted by atomic mass is 14.6. The zero-order chi connectivity index (χ0) is 11.1. The fourth-order valence-electron chi connectivity index (χ4n) is 2.28. The first-order valence-electron chi connectivity index (χ1n) is 5.56. The van der Waals surface area contributed by atoms with E-state index >= 15 is 0 Å². The Labute approximate surface area is 92.2 Å². The summed E-state index contributed by atoms with van der Waals surface area (Å²) in [6, 6.07) is 2.17. The van der Waals surface area contributed by atoms with E-state index in [4.69, 9.17) is 0 Å². The molecule has 0 fully saturated rings. The molecule has 0 amide bonds. The summed E-state index contributed by atoms with van der Waals surface area (Å²) in [7, 11) is 0. The van der Waals surface area contributed by atoms with Gasteiger partial charge in [-0.3, -0.25) is 4.98 Å². The Hall–Kier alpha value is -1.11. The highest BCUT2D eigenvalue weighted by Gasteiger charge is 2.40. The Balaban J connectivity index is 2.60. The molecule has 1 aromatic rings. The maximum atomic E-state index is 4.19. The Kier molecular flexibility index (Phi) is 2.22. The third-order valence-electron chi connectivity index (χ3n) is 3.93. The molecule has 1 heteroatoms. The van der Waals surface area contributed by atoms with Crippen LogP contribution in [0.4, 0.5) is 0 Å². The smallest absolute Gasteiger partial charge is 0.0343 e. The minimum atomic E-state index is 0.222. The summed E-state index contributed by atoms with van der Waals surface area (Å²) < 4.78 is 0. The van der Waals surface area contributed by atoms with Crippen LogP contribution in [0.25, 0.3) is 6.08 Å². The molecule has 0 saturated heterocycles. The van der Waals surface area contributed by atoms with Crippen molar-refractivity contribution in [1.82, 2.24) is 4.98 Å². The van der Waals surface area contributed by atoms with Gasteiger partial charge in [0.2, 0.25) is 0 Å². The number of hydrogen-bond acceptors (Lipinski definition) is 1. The first kappa shape index (κ1) is 10.4. The third-order valence-corrected chi connectivity index (χ3v) is 3.93. The summed E-state index contributed by atoms with van der Waals surface area (Å²) in [5.41, 5.74) is 3.21. The fraction of sp³-hybridized carbons (Fsp3) is 0.500. The highest BCUT2D eigenvalue weighted by Crippen LogP contribution is 2.47. The van der Waals surface area contributed by atoms with E-state index in [0.29, 0.717) is 0 Å². The average Bonchev–Trinajstić information content (AvgIpc) is 2.17. The minimum absolute atomic E-state index is 0.222. The van der Waals surface area contributed by atoms with Crippen molar-refractivity contribution in [2.75, 3.05) is 0 Å². The van der Waals surface area contributed by atoms with Crippen LogP contribution < -0.4 is 0 Å². The summed E-state index contributed by atoms with van der Waals surface area (Å²) in [6.07, 6.45) is 9.45. The number of rotatable bonds is 0. The van der Waals surface area contributed by atoms with Gasteiger partial charge in [0.15, 0.2) is 0 Å². The molecule has 0 bridgehead atoms. The summed E-state index contributed by atoms with van der Waals surface area (Å²) in [4.78, 5) is 4.19. The molecule has 1 atom stereocenters. The van der Waals surface area contributed by atoms with E-state index in [9.17, 15) is 0 Å². The second kappa shape index (κ2) is 3.19. The van der Waals surface area contributed by atoms with Gasteiger partial charge in [0.1, 0.15) is 0 Å². The number of aromatic nitrogens is 1. The quantitative estimate of drug-likeness (QED) is 0.622. The summed E-state index contributed by atoms with van der Waals surface area (Å²) in [6.45, 7) is 9.30. The van der Waals surface area contributed by atoms with Crippen molar-refractivity contribution in [2.24, 2.45) is 5.41 Å². The standard InChI is InChI=1S/C14H19N/c1-13(2,3)14(4)8-5-6-11-10-15-9-7-12(11)14/h5-7,9-10H,8H2,1-4H3. The van der Waals surface area contributed by atoms with Gasteiger partial charge in [-0.15, -0.1) is 0 Å². The van der Waals surface area contributed by atoms with E-state index in [-0.39, 0.29) is 10.8 Å². The van der Waals surface area contributed by atoms with Gasteiger partial charge in [-0.2, -0.15) is 0 Å². The maximum absolute atomic E-state index is 4.19. The molecule has 1 heterocycles. The van der Waals surface area contributed by atoms with Crippen LogP contribution in [0.1, 0.15) is 45.2 Å². The normalized spacial score (nSPS) is 25.1. The highest BCUT2D eigenvalue weighted by molar-refractivity contribution is 5.58.